The summed E-state index contributed by atoms with van der Waals surface area (Å²) in [5.41, 5.74) is 2.15. The molecule has 0 fully saturated rings. The highest BCUT2D eigenvalue weighted by Gasteiger charge is 2.15. The van der Waals surface area contributed by atoms with Crippen molar-refractivity contribution >= 4 is 32.9 Å². The van der Waals surface area contributed by atoms with Crippen LogP contribution in [0.15, 0.2) is 46.9 Å². The van der Waals surface area contributed by atoms with Crippen molar-refractivity contribution in [1.29, 1.82) is 0 Å². The van der Waals surface area contributed by atoms with Crippen LogP contribution < -0.4 is 0 Å². The van der Waals surface area contributed by atoms with Crippen LogP contribution >= 0.6 is 15.9 Å². The fraction of sp³-hybridized carbons (Fsp3) is 0. The monoisotopic (exact) mass is 317 g/mol. The van der Waals surface area contributed by atoms with E-state index < -0.39 is 5.97 Å². The Kier molecular flexibility index (Phi) is 2.79. The van der Waals surface area contributed by atoms with E-state index in [0.29, 0.717) is 5.69 Å². The molecule has 1 heterocycles. The smallest absolute Gasteiger partial charge is 0.337 e. The maximum atomic E-state index is 11.3. The second kappa shape index (κ2) is 4.47. The fourth-order valence-corrected chi connectivity index (χ4v) is 2.26. The van der Waals surface area contributed by atoms with E-state index in [1.807, 2.05) is 24.3 Å². The van der Waals surface area contributed by atoms with Gasteiger partial charge in [0.1, 0.15) is 5.52 Å². The molecule has 0 saturated heterocycles. The van der Waals surface area contributed by atoms with Crippen molar-refractivity contribution in [2.45, 2.75) is 0 Å². The summed E-state index contributed by atoms with van der Waals surface area (Å²) in [6.07, 6.45) is 0. The lowest BCUT2D eigenvalue weighted by atomic mass is 10.2. The fourth-order valence-electron chi connectivity index (χ4n) is 1.91. The van der Waals surface area contributed by atoms with Gasteiger partial charge in [0.2, 0.25) is 0 Å². The van der Waals surface area contributed by atoms with E-state index in [-0.39, 0.29) is 5.56 Å². The van der Waals surface area contributed by atoms with E-state index in [0.717, 1.165) is 15.5 Å². The lowest BCUT2D eigenvalue weighted by molar-refractivity contribution is 0.0697. The van der Waals surface area contributed by atoms with Crippen molar-refractivity contribution in [2.75, 3.05) is 0 Å². The Morgan fingerprint density at radius 3 is 2.79 bits per heavy atom. The van der Waals surface area contributed by atoms with Gasteiger partial charge in [-0.3, -0.25) is 0 Å². The first-order chi connectivity index (χ1) is 9.16. The number of halogens is 1. The van der Waals surface area contributed by atoms with Gasteiger partial charge in [-0.25, -0.2) is 9.48 Å². The third kappa shape index (κ3) is 2.00. The normalized spacial score (nSPS) is 10.8. The molecule has 1 aromatic heterocycles. The molecule has 0 spiro atoms. The molecule has 0 radical (unpaired) electrons. The van der Waals surface area contributed by atoms with E-state index in [2.05, 4.69) is 26.2 Å². The van der Waals surface area contributed by atoms with Gasteiger partial charge in [0.05, 0.1) is 16.8 Å². The summed E-state index contributed by atoms with van der Waals surface area (Å²) in [5, 5.41) is 17.3. The number of hydrogen-bond donors (Lipinski definition) is 1. The first-order valence-corrected chi connectivity index (χ1v) is 6.30. The van der Waals surface area contributed by atoms with E-state index in [9.17, 15) is 9.90 Å². The van der Waals surface area contributed by atoms with Crippen LogP contribution in [-0.4, -0.2) is 26.1 Å². The number of hydrogen-bond acceptors (Lipinski definition) is 3. The Hall–Kier alpha value is -2.21. The molecule has 0 amide bonds. The van der Waals surface area contributed by atoms with Gasteiger partial charge >= 0.3 is 5.97 Å². The quantitative estimate of drug-likeness (QED) is 0.789. The standard InChI is InChI=1S/C13H8BrN3O2/c14-8-5-6-9(13(18)19)12(7-8)17-11-4-2-1-3-10(11)15-16-17/h1-7H,(H,18,19). The summed E-state index contributed by atoms with van der Waals surface area (Å²) in [6, 6.07) is 12.3. The summed E-state index contributed by atoms with van der Waals surface area (Å²) in [6.45, 7) is 0. The van der Waals surface area contributed by atoms with E-state index in [1.54, 1.807) is 12.1 Å². The third-order valence-electron chi connectivity index (χ3n) is 2.77. The Morgan fingerprint density at radius 1 is 1.21 bits per heavy atom. The number of carboxylic acids is 1. The zero-order valence-corrected chi connectivity index (χ0v) is 11.2. The number of nitrogens with zero attached hydrogens (tertiary/aromatic N) is 3. The molecule has 3 aromatic rings. The third-order valence-corrected chi connectivity index (χ3v) is 3.26. The highest BCUT2D eigenvalue weighted by atomic mass is 79.9. The van der Waals surface area contributed by atoms with Gasteiger partial charge in [0.15, 0.2) is 0 Å². The molecule has 0 aliphatic heterocycles. The summed E-state index contributed by atoms with van der Waals surface area (Å²) in [5.74, 6) is -0.998. The van der Waals surface area contributed by atoms with Gasteiger partial charge in [-0.1, -0.05) is 33.3 Å². The van der Waals surface area contributed by atoms with Gasteiger partial charge in [0.25, 0.3) is 0 Å². The van der Waals surface area contributed by atoms with Crippen LogP contribution in [0.4, 0.5) is 0 Å². The highest BCUT2D eigenvalue weighted by molar-refractivity contribution is 9.10. The number of carboxylic acid groups (broad SMARTS) is 1. The van der Waals surface area contributed by atoms with Crippen LogP contribution in [0.5, 0.6) is 0 Å². The van der Waals surface area contributed by atoms with E-state index in [4.69, 9.17) is 0 Å². The molecule has 0 aliphatic rings. The van der Waals surface area contributed by atoms with E-state index >= 15 is 0 Å². The zero-order valence-electron chi connectivity index (χ0n) is 9.62. The summed E-state index contributed by atoms with van der Waals surface area (Å²) in [7, 11) is 0. The molecule has 0 bridgehead atoms. The van der Waals surface area contributed by atoms with Gasteiger partial charge in [-0.15, -0.1) is 5.10 Å². The molecular formula is C13H8BrN3O2. The van der Waals surface area contributed by atoms with Crippen LogP contribution in [0.3, 0.4) is 0 Å². The largest absolute Gasteiger partial charge is 0.478 e. The number of carbonyl (C=O) groups is 1. The minimum Gasteiger partial charge on any atom is -0.478 e. The number of benzene rings is 2. The lowest BCUT2D eigenvalue weighted by Gasteiger charge is -2.07. The molecule has 0 saturated carbocycles. The number of aromatic nitrogens is 3. The molecule has 0 unspecified atom stereocenters. The summed E-state index contributed by atoms with van der Waals surface area (Å²) >= 11 is 3.34. The van der Waals surface area contributed by atoms with Crippen molar-refractivity contribution in [3.63, 3.8) is 0 Å². The van der Waals surface area contributed by atoms with Gasteiger partial charge in [0, 0.05) is 4.47 Å². The van der Waals surface area contributed by atoms with Gasteiger partial charge < -0.3 is 5.11 Å². The maximum Gasteiger partial charge on any atom is 0.337 e. The predicted octanol–water partition coefficient (Wildman–Crippen LogP) is 2.88. The minimum atomic E-state index is -0.998. The number of rotatable bonds is 2. The second-order valence-corrected chi connectivity index (χ2v) is 4.87. The highest BCUT2D eigenvalue weighted by Crippen LogP contribution is 2.23. The molecule has 3 rings (SSSR count). The molecule has 94 valence electrons. The first kappa shape index (κ1) is 11.9. The Bertz CT molecular complexity index is 782. The van der Waals surface area contributed by atoms with Crippen LogP contribution in [0.1, 0.15) is 10.4 Å². The second-order valence-electron chi connectivity index (χ2n) is 3.96. The predicted molar refractivity (Wildman–Crippen MR) is 73.5 cm³/mol. The Morgan fingerprint density at radius 2 is 2.00 bits per heavy atom. The summed E-state index contributed by atoms with van der Waals surface area (Å²) < 4.78 is 2.32. The van der Waals surface area contributed by atoms with Gasteiger partial charge in [-0.2, -0.15) is 0 Å². The van der Waals surface area contributed by atoms with Crippen molar-refractivity contribution in [1.82, 2.24) is 15.0 Å². The Balaban J connectivity index is 2.32. The first-order valence-electron chi connectivity index (χ1n) is 5.50. The number of para-hydroxylation sites is 1. The van der Waals surface area contributed by atoms with Crippen molar-refractivity contribution in [3.05, 3.63) is 52.5 Å². The van der Waals surface area contributed by atoms with Crippen LogP contribution in [0.2, 0.25) is 0 Å². The number of fused-ring (bicyclic) bond motifs is 1. The van der Waals surface area contributed by atoms with Gasteiger partial charge in [-0.05, 0) is 30.3 Å². The Labute approximate surface area is 116 Å². The van der Waals surface area contributed by atoms with Crippen molar-refractivity contribution in [3.8, 4) is 5.69 Å². The average Bonchev–Trinajstić information content (AvgIpc) is 2.82. The van der Waals surface area contributed by atoms with Crippen LogP contribution in [0.25, 0.3) is 16.7 Å². The van der Waals surface area contributed by atoms with Crippen LogP contribution in [-0.2, 0) is 0 Å². The molecule has 5 nitrogen and oxygen atoms in total. The zero-order chi connectivity index (χ0) is 13.4. The minimum absolute atomic E-state index is 0.179. The summed E-state index contributed by atoms with van der Waals surface area (Å²) in [4.78, 5) is 11.3. The number of aromatic carboxylic acids is 1. The molecule has 1 N–H and O–H groups in total. The van der Waals surface area contributed by atoms with Crippen molar-refractivity contribution < 1.29 is 9.90 Å². The lowest BCUT2D eigenvalue weighted by Crippen LogP contribution is -2.06. The molecule has 6 heteroatoms. The SMILES string of the molecule is O=C(O)c1ccc(Br)cc1-n1nnc2ccccc21. The average molecular weight is 318 g/mol. The molecule has 2 aromatic carbocycles. The molecule has 0 aliphatic carbocycles. The topological polar surface area (TPSA) is 68.0 Å². The van der Waals surface area contributed by atoms with Crippen molar-refractivity contribution in [2.24, 2.45) is 0 Å². The molecule has 0 atom stereocenters. The van der Waals surface area contributed by atoms with Crippen LogP contribution in [0, 0.1) is 0 Å². The molecular weight excluding hydrogens is 310 g/mol. The van der Waals surface area contributed by atoms with E-state index in [1.165, 1.54) is 10.7 Å². The molecule has 19 heavy (non-hydrogen) atoms. The maximum absolute atomic E-state index is 11.3.